The number of anilines is 1. The lowest BCUT2D eigenvalue weighted by atomic mass is 9.95. The number of ether oxygens (including phenoxy) is 2. The highest BCUT2D eigenvalue weighted by Gasteiger charge is 2.34. The van der Waals surface area contributed by atoms with Gasteiger partial charge in [-0.3, -0.25) is 9.59 Å². The second-order valence-corrected chi connectivity index (χ2v) is 8.84. The number of thiophene rings is 1. The molecule has 164 valence electrons. The number of rotatable bonds is 5. The average molecular weight is 443 g/mol. The van der Waals surface area contributed by atoms with E-state index in [4.69, 9.17) is 9.47 Å². The first-order chi connectivity index (χ1) is 15.0. The molecule has 1 fully saturated rings. The van der Waals surface area contributed by atoms with Crippen molar-refractivity contribution < 1.29 is 23.9 Å². The molecule has 0 radical (unpaired) electrons. The maximum absolute atomic E-state index is 13.4. The topological polar surface area (TPSA) is 84.9 Å². The molecule has 2 heterocycles. The standard InChI is InChI=1S/C23H26N2O5S/c1-15(26)24-21-19(17-9-5-6-10-18(17)31-21)23(28)30-20(16-7-3-2-4-8-16)22(27)25-11-13-29-14-12-25/h2-4,7-8,20H,5-6,9-14H2,1H3,(H,24,26). The highest BCUT2D eigenvalue weighted by atomic mass is 32.1. The van der Waals surface area contributed by atoms with Crippen molar-refractivity contribution in [1.29, 1.82) is 0 Å². The third-order valence-corrected chi connectivity index (χ3v) is 6.75. The number of amides is 2. The van der Waals surface area contributed by atoms with Crippen molar-refractivity contribution >= 4 is 34.1 Å². The Labute approximate surface area is 185 Å². The average Bonchev–Trinajstić information content (AvgIpc) is 3.15. The van der Waals surface area contributed by atoms with E-state index in [-0.39, 0.29) is 11.8 Å². The van der Waals surface area contributed by atoms with Crippen molar-refractivity contribution in [1.82, 2.24) is 4.90 Å². The number of hydrogen-bond donors (Lipinski definition) is 1. The van der Waals surface area contributed by atoms with E-state index in [0.717, 1.165) is 36.1 Å². The predicted octanol–water partition coefficient (Wildman–Crippen LogP) is 3.34. The third-order valence-electron chi connectivity index (χ3n) is 5.54. The van der Waals surface area contributed by atoms with Gasteiger partial charge in [-0.2, -0.15) is 0 Å². The number of nitrogens with one attached hydrogen (secondary N) is 1. The lowest BCUT2D eigenvalue weighted by Crippen LogP contribution is -2.44. The molecular formula is C23H26N2O5S. The van der Waals surface area contributed by atoms with Gasteiger partial charge in [0.15, 0.2) is 0 Å². The van der Waals surface area contributed by atoms with Crippen LogP contribution in [-0.4, -0.2) is 49.0 Å². The summed E-state index contributed by atoms with van der Waals surface area (Å²) in [5.41, 5.74) is 1.96. The SMILES string of the molecule is CC(=O)Nc1sc2c(c1C(=O)OC(C(=O)N1CCOCC1)c1ccccc1)CCCC2. The van der Waals surface area contributed by atoms with E-state index in [0.29, 0.717) is 42.4 Å². The fraction of sp³-hybridized carbons (Fsp3) is 0.435. The van der Waals surface area contributed by atoms with Gasteiger partial charge in [0.1, 0.15) is 5.00 Å². The second kappa shape index (κ2) is 9.62. The third kappa shape index (κ3) is 4.80. The van der Waals surface area contributed by atoms with Crippen molar-refractivity contribution in [2.45, 2.75) is 38.7 Å². The molecule has 1 unspecified atom stereocenters. The minimum absolute atomic E-state index is 0.239. The van der Waals surface area contributed by atoms with Gasteiger partial charge in [-0.25, -0.2) is 4.79 Å². The van der Waals surface area contributed by atoms with Gasteiger partial charge in [0.05, 0.1) is 18.8 Å². The number of fused-ring (bicyclic) bond motifs is 1. The molecular weight excluding hydrogens is 416 g/mol. The van der Waals surface area contributed by atoms with Crippen molar-refractivity contribution in [3.8, 4) is 0 Å². The van der Waals surface area contributed by atoms with Crippen molar-refractivity contribution in [2.75, 3.05) is 31.6 Å². The smallest absolute Gasteiger partial charge is 0.342 e. The largest absolute Gasteiger partial charge is 0.444 e. The van der Waals surface area contributed by atoms with Crippen molar-refractivity contribution in [2.24, 2.45) is 0 Å². The zero-order chi connectivity index (χ0) is 21.8. The molecule has 0 bridgehead atoms. The predicted molar refractivity (Wildman–Crippen MR) is 117 cm³/mol. The molecule has 1 N–H and O–H groups in total. The first-order valence-electron chi connectivity index (χ1n) is 10.6. The molecule has 2 aromatic rings. The van der Waals surface area contributed by atoms with Crippen LogP contribution in [0.3, 0.4) is 0 Å². The van der Waals surface area contributed by atoms with Crippen molar-refractivity contribution in [3.05, 3.63) is 51.9 Å². The number of benzene rings is 1. The van der Waals surface area contributed by atoms with E-state index in [2.05, 4.69) is 5.32 Å². The minimum Gasteiger partial charge on any atom is -0.444 e. The molecule has 0 saturated carbocycles. The molecule has 31 heavy (non-hydrogen) atoms. The van der Waals surface area contributed by atoms with Crippen LogP contribution in [0.5, 0.6) is 0 Å². The maximum atomic E-state index is 13.4. The van der Waals surface area contributed by atoms with E-state index in [1.54, 1.807) is 17.0 Å². The van der Waals surface area contributed by atoms with Gasteiger partial charge in [-0.15, -0.1) is 11.3 Å². The fourth-order valence-corrected chi connectivity index (χ4v) is 5.36. The molecule has 1 aliphatic carbocycles. The highest BCUT2D eigenvalue weighted by molar-refractivity contribution is 7.17. The second-order valence-electron chi connectivity index (χ2n) is 7.73. The van der Waals surface area contributed by atoms with Crippen LogP contribution in [0.25, 0.3) is 0 Å². The zero-order valence-electron chi connectivity index (χ0n) is 17.5. The fourth-order valence-electron chi connectivity index (χ4n) is 4.03. The van der Waals surface area contributed by atoms with E-state index >= 15 is 0 Å². The Kier molecular flexibility index (Phi) is 6.67. The molecule has 4 rings (SSSR count). The molecule has 1 aromatic heterocycles. The zero-order valence-corrected chi connectivity index (χ0v) is 18.3. The molecule has 2 aliphatic rings. The minimum atomic E-state index is -1.05. The number of morpholine rings is 1. The molecule has 0 spiro atoms. The van der Waals surface area contributed by atoms with Crippen LogP contribution in [0.15, 0.2) is 30.3 Å². The summed E-state index contributed by atoms with van der Waals surface area (Å²) >= 11 is 1.43. The normalized spacial score (nSPS) is 16.9. The van der Waals surface area contributed by atoms with E-state index in [1.807, 2.05) is 18.2 Å². The van der Waals surface area contributed by atoms with Gasteiger partial charge in [0, 0.05) is 30.5 Å². The van der Waals surface area contributed by atoms with Gasteiger partial charge in [0.25, 0.3) is 5.91 Å². The number of carbonyl (C=O) groups excluding carboxylic acids is 3. The lowest BCUT2D eigenvalue weighted by Gasteiger charge is -2.30. The molecule has 1 saturated heterocycles. The summed E-state index contributed by atoms with van der Waals surface area (Å²) in [4.78, 5) is 41.2. The molecule has 8 heteroatoms. The number of aryl methyl sites for hydroxylation is 1. The number of esters is 1. The summed E-state index contributed by atoms with van der Waals surface area (Å²) in [6.07, 6.45) is 2.65. The number of carbonyl (C=O) groups is 3. The van der Waals surface area contributed by atoms with Crippen LogP contribution >= 0.6 is 11.3 Å². The van der Waals surface area contributed by atoms with Crippen LogP contribution in [0.1, 0.15) is 52.2 Å². The molecule has 1 aliphatic heterocycles. The van der Waals surface area contributed by atoms with E-state index in [9.17, 15) is 14.4 Å². The monoisotopic (exact) mass is 442 g/mol. The maximum Gasteiger partial charge on any atom is 0.342 e. The van der Waals surface area contributed by atoms with Crippen molar-refractivity contribution in [3.63, 3.8) is 0 Å². The number of nitrogens with zero attached hydrogens (tertiary/aromatic N) is 1. The summed E-state index contributed by atoms with van der Waals surface area (Å²) in [6.45, 7) is 3.27. The van der Waals surface area contributed by atoms with Gasteiger partial charge < -0.3 is 19.7 Å². The summed E-state index contributed by atoms with van der Waals surface area (Å²) in [6, 6.07) is 9.06. The summed E-state index contributed by atoms with van der Waals surface area (Å²) in [7, 11) is 0. The summed E-state index contributed by atoms with van der Waals surface area (Å²) in [5, 5.41) is 3.29. The van der Waals surface area contributed by atoms with Gasteiger partial charge in [-0.1, -0.05) is 30.3 Å². The first-order valence-corrected chi connectivity index (χ1v) is 11.4. The van der Waals surface area contributed by atoms with Crippen LogP contribution < -0.4 is 5.32 Å². The van der Waals surface area contributed by atoms with Gasteiger partial charge >= 0.3 is 5.97 Å². The van der Waals surface area contributed by atoms with E-state index in [1.165, 1.54) is 18.3 Å². The van der Waals surface area contributed by atoms with Gasteiger partial charge in [-0.05, 0) is 31.2 Å². The number of hydrogen-bond acceptors (Lipinski definition) is 6. The van der Waals surface area contributed by atoms with Crippen LogP contribution in [0, 0.1) is 0 Å². The Balaban J connectivity index is 1.65. The Morgan fingerprint density at radius 1 is 1.10 bits per heavy atom. The summed E-state index contributed by atoms with van der Waals surface area (Å²) < 4.78 is 11.2. The lowest BCUT2D eigenvalue weighted by molar-refractivity contribution is -0.145. The Bertz CT molecular complexity index is 966. The van der Waals surface area contributed by atoms with Crippen LogP contribution in [0.2, 0.25) is 0 Å². The van der Waals surface area contributed by atoms with Crippen LogP contribution in [-0.2, 0) is 31.9 Å². The first kappa shape index (κ1) is 21.5. The molecule has 7 nitrogen and oxygen atoms in total. The van der Waals surface area contributed by atoms with E-state index < -0.39 is 12.1 Å². The molecule has 2 amide bonds. The molecule has 1 aromatic carbocycles. The summed E-state index contributed by atoms with van der Waals surface area (Å²) in [5.74, 6) is -1.07. The molecule has 1 atom stereocenters. The van der Waals surface area contributed by atoms with Gasteiger partial charge in [0.2, 0.25) is 12.0 Å². The quantitative estimate of drug-likeness (QED) is 0.718. The Morgan fingerprint density at radius 2 is 1.81 bits per heavy atom. The van der Waals surface area contributed by atoms with Crippen LogP contribution in [0.4, 0.5) is 5.00 Å². The Morgan fingerprint density at radius 3 is 2.52 bits per heavy atom. The highest BCUT2D eigenvalue weighted by Crippen LogP contribution is 2.39. The Hall–Kier alpha value is -2.71.